The van der Waals surface area contributed by atoms with Gasteiger partial charge in [0.2, 0.25) is 0 Å². The first-order valence-electron chi connectivity index (χ1n) is 18.5. The van der Waals surface area contributed by atoms with Gasteiger partial charge in [0.1, 0.15) is 0 Å². The van der Waals surface area contributed by atoms with Gasteiger partial charge in [0.05, 0.1) is 44.4 Å². The molecular weight excluding hydrogens is 608 g/mol. The quantitative estimate of drug-likeness (QED) is 0.0394. The lowest BCUT2D eigenvalue weighted by atomic mass is 9.76. The average molecular weight is 675 g/mol. The lowest BCUT2D eigenvalue weighted by molar-refractivity contribution is -0.158. The van der Waals surface area contributed by atoms with Crippen molar-refractivity contribution in [3.8, 4) is 11.5 Å². The fourth-order valence-corrected chi connectivity index (χ4v) is 5.79. The summed E-state index contributed by atoms with van der Waals surface area (Å²) in [5, 5.41) is 0. The van der Waals surface area contributed by atoms with Gasteiger partial charge < -0.3 is 23.7 Å². The zero-order valence-corrected chi connectivity index (χ0v) is 31.5. The van der Waals surface area contributed by atoms with Crippen LogP contribution in [0, 0.1) is 16.7 Å². The van der Waals surface area contributed by atoms with Crippen molar-refractivity contribution in [2.45, 2.75) is 138 Å². The first-order valence-corrected chi connectivity index (χ1v) is 18.5. The standard InChI is InChI=1S/C40H66O8/c1-9-14-20-32(11-3)31-48-38(43)40(7,25-10-2)27-19-26-39(6,12-4)37(42)47-29-18-16-15-17-28-46-36(41)24-22-33-21-23-34(44-8)35(30-33)45-13-5/h21-24,30,32H,9-20,25-29,31H2,1-8H3/b24-22+. The Hall–Kier alpha value is -3.03. The highest BCUT2D eigenvalue weighted by atomic mass is 16.5. The van der Waals surface area contributed by atoms with E-state index in [1.165, 1.54) is 6.08 Å². The van der Waals surface area contributed by atoms with Crippen molar-refractivity contribution in [1.82, 2.24) is 0 Å². The number of unbranched alkanes of at least 4 members (excludes halogenated alkanes) is 4. The van der Waals surface area contributed by atoms with Crippen LogP contribution >= 0.6 is 0 Å². The van der Waals surface area contributed by atoms with E-state index in [1.54, 1.807) is 19.3 Å². The second kappa shape index (κ2) is 24.2. The summed E-state index contributed by atoms with van der Waals surface area (Å²) >= 11 is 0. The van der Waals surface area contributed by atoms with Gasteiger partial charge in [0.15, 0.2) is 11.5 Å². The third-order valence-electron chi connectivity index (χ3n) is 9.43. The summed E-state index contributed by atoms with van der Waals surface area (Å²) in [5.74, 6) is 1.03. The minimum atomic E-state index is -0.581. The van der Waals surface area contributed by atoms with E-state index in [9.17, 15) is 14.4 Å². The van der Waals surface area contributed by atoms with E-state index in [0.717, 1.165) is 76.2 Å². The molecule has 0 saturated carbocycles. The van der Waals surface area contributed by atoms with Gasteiger partial charge in [0, 0.05) is 6.08 Å². The van der Waals surface area contributed by atoms with Crippen molar-refractivity contribution in [3.05, 3.63) is 29.8 Å². The summed E-state index contributed by atoms with van der Waals surface area (Å²) < 4.78 is 27.8. The summed E-state index contributed by atoms with van der Waals surface area (Å²) in [4.78, 5) is 38.4. The van der Waals surface area contributed by atoms with Gasteiger partial charge in [-0.3, -0.25) is 9.59 Å². The van der Waals surface area contributed by atoms with E-state index in [-0.39, 0.29) is 11.9 Å². The molecule has 3 atom stereocenters. The van der Waals surface area contributed by atoms with Crippen molar-refractivity contribution < 1.29 is 38.1 Å². The van der Waals surface area contributed by atoms with Gasteiger partial charge in [0.25, 0.3) is 0 Å². The normalized spacial score (nSPS) is 14.5. The van der Waals surface area contributed by atoms with Gasteiger partial charge in [-0.1, -0.05) is 65.9 Å². The number of ether oxygens (including phenoxy) is 5. The molecule has 8 heteroatoms. The Balaban J connectivity index is 2.39. The predicted octanol–water partition coefficient (Wildman–Crippen LogP) is 9.91. The molecule has 0 amide bonds. The van der Waals surface area contributed by atoms with Crippen LogP contribution < -0.4 is 9.47 Å². The van der Waals surface area contributed by atoms with Crippen molar-refractivity contribution in [2.75, 3.05) is 33.5 Å². The van der Waals surface area contributed by atoms with Crippen LogP contribution in [0.4, 0.5) is 0 Å². The summed E-state index contributed by atoms with van der Waals surface area (Å²) in [6.45, 7) is 16.1. The molecule has 1 rings (SSSR count). The molecule has 274 valence electrons. The second-order valence-corrected chi connectivity index (χ2v) is 13.5. The molecule has 0 aromatic heterocycles. The SMILES string of the molecule is CCCCC(CC)COC(=O)C(C)(CCC)CCCC(C)(CC)C(=O)OCCCCCCOC(=O)/C=C/c1ccc(OC)c(OCC)c1. The minimum absolute atomic E-state index is 0.101. The van der Waals surface area contributed by atoms with Crippen LogP contribution in [0.25, 0.3) is 6.08 Å². The third kappa shape index (κ3) is 15.9. The molecule has 1 aromatic rings. The van der Waals surface area contributed by atoms with E-state index >= 15 is 0 Å². The van der Waals surface area contributed by atoms with Gasteiger partial charge in [-0.05, 0) is 108 Å². The van der Waals surface area contributed by atoms with Crippen LogP contribution in [-0.2, 0) is 28.6 Å². The smallest absolute Gasteiger partial charge is 0.330 e. The summed E-state index contributed by atoms with van der Waals surface area (Å²) in [7, 11) is 1.59. The lowest BCUT2D eigenvalue weighted by Gasteiger charge is -2.31. The van der Waals surface area contributed by atoms with Crippen LogP contribution in [0.5, 0.6) is 11.5 Å². The van der Waals surface area contributed by atoms with Gasteiger partial charge in [-0.15, -0.1) is 0 Å². The third-order valence-corrected chi connectivity index (χ3v) is 9.43. The van der Waals surface area contributed by atoms with Crippen molar-refractivity contribution in [3.63, 3.8) is 0 Å². The lowest BCUT2D eigenvalue weighted by Crippen LogP contribution is -2.33. The molecule has 1 aromatic carbocycles. The van der Waals surface area contributed by atoms with Crippen molar-refractivity contribution in [1.29, 1.82) is 0 Å². The molecule has 0 N–H and O–H groups in total. The number of carbonyl (C=O) groups is 3. The monoisotopic (exact) mass is 674 g/mol. The molecule has 0 aliphatic heterocycles. The highest BCUT2D eigenvalue weighted by Crippen LogP contribution is 2.37. The van der Waals surface area contributed by atoms with Crippen LogP contribution in [0.15, 0.2) is 24.3 Å². The number of methoxy groups -OCH3 is 1. The molecule has 0 aliphatic carbocycles. The molecule has 0 radical (unpaired) electrons. The Morgan fingerprint density at radius 3 is 2.02 bits per heavy atom. The Bertz CT molecular complexity index is 1100. The Morgan fingerprint density at radius 1 is 0.750 bits per heavy atom. The van der Waals surface area contributed by atoms with E-state index in [1.807, 2.05) is 39.8 Å². The minimum Gasteiger partial charge on any atom is -0.493 e. The second-order valence-electron chi connectivity index (χ2n) is 13.5. The van der Waals surface area contributed by atoms with E-state index < -0.39 is 16.8 Å². The fourth-order valence-electron chi connectivity index (χ4n) is 5.79. The molecule has 8 nitrogen and oxygen atoms in total. The molecular formula is C40H66O8. The number of carbonyl (C=O) groups excluding carboxylic acids is 3. The van der Waals surface area contributed by atoms with E-state index in [2.05, 4.69) is 20.8 Å². The maximum atomic E-state index is 13.2. The first kappa shape index (κ1) is 43.0. The van der Waals surface area contributed by atoms with E-state index in [0.29, 0.717) is 63.1 Å². The van der Waals surface area contributed by atoms with Crippen LogP contribution in [0.3, 0.4) is 0 Å². The number of hydrogen-bond donors (Lipinski definition) is 0. The van der Waals surface area contributed by atoms with Gasteiger partial charge in [-0.25, -0.2) is 4.79 Å². The first-order chi connectivity index (χ1) is 23.0. The van der Waals surface area contributed by atoms with Gasteiger partial charge in [-0.2, -0.15) is 0 Å². The van der Waals surface area contributed by atoms with Crippen LogP contribution in [-0.4, -0.2) is 51.4 Å². The van der Waals surface area contributed by atoms with E-state index in [4.69, 9.17) is 23.7 Å². The Kier molecular flexibility index (Phi) is 21.6. The molecule has 0 aliphatic rings. The molecule has 0 spiro atoms. The number of esters is 3. The summed E-state index contributed by atoms with van der Waals surface area (Å²) in [6, 6.07) is 5.47. The van der Waals surface area contributed by atoms with Crippen LogP contribution in [0.2, 0.25) is 0 Å². The maximum Gasteiger partial charge on any atom is 0.330 e. The highest BCUT2D eigenvalue weighted by molar-refractivity contribution is 5.87. The zero-order valence-electron chi connectivity index (χ0n) is 31.5. The Labute approximate surface area is 291 Å². The zero-order chi connectivity index (χ0) is 35.8. The molecule has 3 unspecified atom stereocenters. The predicted molar refractivity (Wildman–Crippen MR) is 193 cm³/mol. The fraction of sp³-hybridized carbons (Fsp3) is 0.725. The van der Waals surface area contributed by atoms with Crippen LogP contribution in [0.1, 0.15) is 144 Å². The summed E-state index contributed by atoms with van der Waals surface area (Å²) in [5.41, 5.74) is -0.299. The Morgan fingerprint density at radius 2 is 1.42 bits per heavy atom. The maximum absolute atomic E-state index is 13.2. The molecule has 48 heavy (non-hydrogen) atoms. The number of hydrogen-bond acceptors (Lipinski definition) is 8. The van der Waals surface area contributed by atoms with Crippen molar-refractivity contribution in [2.24, 2.45) is 16.7 Å². The molecule has 0 heterocycles. The highest BCUT2D eigenvalue weighted by Gasteiger charge is 2.37. The molecule has 0 fully saturated rings. The largest absolute Gasteiger partial charge is 0.493 e. The average Bonchev–Trinajstić information content (AvgIpc) is 3.08. The summed E-state index contributed by atoms with van der Waals surface area (Å²) in [6.07, 6.45) is 15.3. The molecule has 0 bridgehead atoms. The molecule has 0 saturated heterocycles. The number of benzene rings is 1. The van der Waals surface area contributed by atoms with Gasteiger partial charge >= 0.3 is 17.9 Å². The topological polar surface area (TPSA) is 97.4 Å². The van der Waals surface area contributed by atoms with Crippen molar-refractivity contribution >= 4 is 24.0 Å². The number of rotatable bonds is 27.